The molecule has 0 saturated carbocycles. The van der Waals surface area contributed by atoms with Crippen LogP contribution >= 0.6 is 11.3 Å². The van der Waals surface area contributed by atoms with Crippen LogP contribution in [0.25, 0.3) is 6.08 Å². The molecule has 0 fully saturated rings. The molecule has 2 aromatic carbocycles. The zero-order chi connectivity index (χ0) is 26.5. The van der Waals surface area contributed by atoms with Crippen LogP contribution in [0.2, 0.25) is 0 Å². The van der Waals surface area contributed by atoms with Crippen molar-refractivity contribution in [3.8, 4) is 17.2 Å². The predicted molar refractivity (Wildman–Crippen MR) is 142 cm³/mol. The smallest absolute Gasteiger partial charge is 0.338 e. The summed E-state index contributed by atoms with van der Waals surface area (Å²) in [6.45, 7) is 8.43. The van der Waals surface area contributed by atoms with Crippen LogP contribution in [0.4, 0.5) is 0 Å². The molecule has 3 aromatic rings. The van der Waals surface area contributed by atoms with Crippen molar-refractivity contribution in [1.82, 2.24) is 4.57 Å². The Bertz CT molecular complexity index is 1520. The minimum absolute atomic E-state index is 0.208. The summed E-state index contributed by atoms with van der Waals surface area (Å²) >= 11 is 1.26. The SMILES string of the molecule is CCOC(=O)C1=C(C)N=c2s/c(=C\c3ccc(OC)c(OCC)c3)c(=O)n2[C@@H]1c1ccccc1OCC. The lowest BCUT2D eigenvalue weighted by Crippen LogP contribution is -2.40. The van der Waals surface area contributed by atoms with E-state index in [1.165, 1.54) is 11.3 Å². The number of aromatic nitrogens is 1. The zero-order valence-corrected chi connectivity index (χ0v) is 22.4. The molecule has 1 aromatic heterocycles. The third kappa shape index (κ3) is 5.17. The van der Waals surface area contributed by atoms with Crippen LogP contribution in [0, 0.1) is 0 Å². The van der Waals surface area contributed by atoms with Gasteiger partial charge >= 0.3 is 5.97 Å². The summed E-state index contributed by atoms with van der Waals surface area (Å²) in [5, 5.41) is 0. The number of para-hydroxylation sites is 1. The van der Waals surface area contributed by atoms with E-state index < -0.39 is 12.0 Å². The van der Waals surface area contributed by atoms with E-state index in [4.69, 9.17) is 18.9 Å². The lowest BCUT2D eigenvalue weighted by atomic mass is 9.95. The van der Waals surface area contributed by atoms with Gasteiger partial charge in [-0.05, 0) is 57.5 Å². The number of methoxy groups -OCH3 is 1. The number of carbonyl (C=O) groups is 1. The first-order valence-electron chi connectivity index (χ1n) is 12.2. The maximum Gasteiger partial charge on any atom is 0.338 e. The summed E-state index contributed by atoms with van der Waals surface area (Å²) in [5.74, 6) is 1.29. The van der Waals surface area contributed by atoms with E-state index >= 15 is 0 Å². The quantitative estimate of drug-likeness (QED) is 0.399. The fraction of sp³-hybridized carbons (Fsp3) is 0.321. The fourth-order valence-corrected chi connectivity index (χ4v) is 5.33. The maximum atomic E-state index is 13.8. The van der Waals surface area contributed by atoms with Crippen molar-refractivity contribution in [2.24, 2.45) is 4.99 Å². The van der Waals surface area contributed by atoms with Crippen LogP contribution in [0.5, 0.6) is 17.2 Å². The second kappa shape index (κ2) is 11.5. The molecule has 1 aliphatic rings. The maximum absolute atomic E-state index is 13.8. The number of rotatable bonds is 9. The van der Waals surface area contributed by atoms with Gasteiger partial charge in [0.1, 0.15) is 11.8 Å². The van der Waals surface area contributed by atoms with Gasteiger partial charge in [-0.15, -0.1) is 0 Å². The second-order valence-electron chi connectivity index (χ2n) is 8.12. The molecule has 0 amide bonds. The van der Waals surface area contributed by atoms with Gasteiger partial charge in [-0.25, -0.2) is 9.79 Å². The number of allylic oxidation sites excluding steroid dienone is 1. The van der Waals surface area contributed by atoms with Crippen LogP contribution in [-0.2, 0) is 9.53 Å². The number of fused-ring (bicyclic) bond motifs is 1. The summed E-state index contributed by atoms with van der Waals surface area (Å²) < 4.78 is 24.4. The van der Waals surface area contributed by atoms with Gasteiger partial charge in [0.15, 0.2) is 16.3 Å². The Morgan fingerprint density at radius 3 is 2.46 bits per heavy atom. The molecule has 0 spiro atoms. The number of esters is 1. The summed E-state index contributed by atoms with van der Waals surface area (Å²) in [6.07, 6.45) is 1.79. The largest absolute Gasteiger partial charge is 0.494 e. The van der Waals surface area contributed by atoms with Gasteiger partial charge in [0.25, 0.3) is 5.56 Å². The molecular weight excluding hydrogens is 492 g/mol. The number of ether oxygens (including phenoxy) is 4. The first-order valence-corrected chi connectivity index (χ1v) is 13.0. The highest BCUT2D eigenvalue weighted by atomic mass is 32.1. The Balaban J connectivity index is 1.94. The van der Waals surface area contributed by atoms with E-state index in [2.05, 4.69) is 4.99 Å². The van der Waals surface area contributed by atoms with E-state index in [-0.39, 0.29) is 12.2 Å². The molecule has 2 heterocycles. The molecule has 37 heavy (non-hydrogen) atoms. The lowest BCUT2D eigenvalue weighted by Gasteiger charge is -2.26. The number of hydrogen-bond donors (Lipinski definition) is 0. The molecule has 8 nitrogen and oxygen atoms in total. The van der Waals surface area contributed by atoms with Gasteiger partial charge in [0.05, 0.1) is 42.7 Å². The van der Waals surface area contributed by atoms with Crippen LogP contribution in [0.1, 0.15) is 44.9 Å². The van der Waals surface area contributed by atoms with E-state index in [1.54, 1.807) is 37.7 Å². The Kier molecular flexibility index (Phi) is 8.13. The van der Waals surface area contributed by atoms with Crippen LogP contribution in [0.15, 0.2) is 63.5 Å². The van der Waals surface area contributed by atoms with Crippen molar-refractivity contribution in [2.75, 3.05) is 26.9 Å². The molecule has 0 N–H and O–H groups in total. The Hall–Kier alpha value is -3.85. The van der Waals surface area contributed by atoms with Crippen molar-refractivity contribution >= 4 is 23.4 Å². The van der Waals surface area contributed by atoms with Crippen molar-refractivity contribution in [2.45, 2.75) is 33.7 Å². The van der Waals surface area contributed by atoms with Crippen LogP contribution in [-0.4, -0.2) is 37.5 Å². The third-order valence-electron chi connectivity index (χ3n) is 5.82. The van der Waals surface area contributed by atoms with E-state index in [1.807, 2.05) is 50.2 Å². The number of thiazole rings is 1. The highest BCUT2D eigenvalue weighted by Crippen LogP contribution is 2.36. The molecule has 1 atom stereocenters. The lowest BCUT2D eigenvalue weighted by molar-refractivity contribution is -0.139. The van der Waals surface area contributed by atoms with Gasteiger partial charge in [0.2, 0.25) is 0 Å². The first-order chi connectivity index (χ1) is 17.9. The number of benzene rings is 2. The van der Waals surface area contributed by atoms with Crippen molar-refractivity contribution < 1.29 is 23.7 Å². The van der Waals surface area contributed by atoms with Gasteiger partial charge in [0, 0.05) is 5.56 Å². The topological polar surface area (TPSA) is 88.4 Å². The summed E-state index contributed by atoms with van der Waals surface area (Å²) in [6, 6.07) is 12.2. The fourth-order valence-electron chi connectivity index (χ4n) is 4.28. The Morgan fingerprint density at radius 1 is 1.03 bits per heavy atom. The molecule has 0 aliphatic carbocycles. The molecule has 0 unspecified atom stereocenters. The Morgan fingerprint density at radius 2 is 1.76 bits per heavy atom. The molecular formula is C28H30N2O6S. The second-order valence-corrected chi connectivity index (χ2v) is 9.13. The van der Waals surface area contributed by atoms with Gasteiger partial charge < -0.3 is 18.9 Å². The van der Waals surface area contributed by atoms with Gasteiger partial charge in [-0.1, -0.05) is 35.6 Å². The number of carbonyl (C=O) groups excluding carboxylic acids is 1. The first kappa shape index (κ1) is 26.2. The number of hydrogen-bond acceptors (Lipinski definition) is 8. The standard InChI is InChI=1S/C28H30N2O6S/c1-6-34-20-12-10-9-11-19(20)25-24(27(32)36-8-3)17(4)29-28-30(25)26(31)23(37-28)16-18-13-14-21(33-5)22(15-18)35-7-2/h9-16,25H,6-8H2,1-5H3/b23-16-/t25-/m1/s1. The van der Waals surface area contributed by atoms with Crippen molar-refractivity contribution in [3.05, 3.63) is 84.5 Å². The van der Waals surface area contributed by atoms with E-state index in [9.17, 15) is 9.59 Å². The summed E-state index contributed by atoms with van der Waals surface area (Å²) in [5.41, 5.74) is 2.03. The van der Waals surface area contributed by atoms with E-state index in [0.717, 1.165) is 5.56 Å². The monoisotopic (exact) mass is 522 g/mol. The minimum Gasteiger partial charge on any atom is -0.494 e. The minimum atomic E-state index is -0.741. The van der Waals surface area contributed by atoms with Gasteiger partial charge in [-0.2, -0.15) is 0 Å². The average Bonchev–Trinajstić information content (AvgIpc) is 3.18. The third-order valence-corrected chi connectivity index (χ3v) is 6.80. The number of nitrogens with zero attached hydrogens (tertiary/aromatic N) is 2. The molecule has 194 valence electrons. The van der Waals surface area contributed by atoms with E-state index in [0.29, 0.717) is 56.6 Å². The molecule has 0 bridgehead atoms. The molecule has 0 radical (unpaired) electrons. The molecule has 0 saturated heterocycles. The Labute approximate surface area is 219 Å². The van der Waals surface area contributed by atoms with Crippen molar-refractivity contribution in [1.29, 1.82) is 0 Å². The molecule has 4 rings (SSSR count). The van der Waals surface area contributed by atoms with Crippen LogP contribution in [0.3, 0.4) is 0 Å². The highest BCUT2D eigenvalue weighted by molar-refractivity contribution is 7.07. The van der Waals surface area contributed by atoms with Crippen LogP contribution < -0.4 is 29.1 Å². The molecule has 9 heteroatoms. The predicted octanol–water partition coefficient (Wildman–Crippen LogP) is 3.60. The summed E-state index contributed by atoms with van der Waals surface area (Å²) in [4.78, 5) is 32.1. The average molecular weight is 523 g/mol. The summed E-state index contributed by atoms with van der Waals surface area (Å²) in [7, 11) is 1.58. The molecule has 1 aliphatic heterocycles. The van der Waals surface area contributed by atoms with Gasteiger partial charge in [-0.3, -0.25) is 9.36 Å². The van der Waals surface area contributed by atoms with Crippen molar-refractivity contribution in [3.63, 3.8) is 0 Å². The zero-order valence-electron chi connectivity index (χ0n) is 21.6. The highest BCUT2D eigenvalue weighted by Gasteiger charge is 2.35. The normalized spacial score (nSPS) is 15.2.